The number of ether oxygens (including phenoxy) is 1. The monoisotopic (exact) mass is 303 g/mol. The SMILES string of the molecule is COc1cccc(C#CC2(O)CCCC(N(C)C(=O)O)C2)c1. The summed E-state index contributed by atoms with van der Waals surface area (Å²) in [5.41, 5.74) is -0.378. The van der Waals surface area contributed by atoms with E-state index in [0.717, 1.165) is 18.4 Å². The van der Waals surface area contributed by atoms with Gasteiger partial charge < -0.3 is 19.8 Å². The lowest BCUT2D eigenvalue weighted by Crippen LogP contribution is -2.45. The lowest BCUT2D eigenvalue weighted by molar-refractivity contribution is 0.0225. The highest BCUT2D eigenvalue weighted by Gasteiger charge is 2.35. The van der Waals surface area contributed by atoms with E-state index in [0.29, 0.717) is 18.6 Å². The van der Waals surface area contributed by atoms with Crippen molar-refractivity contribution in [2.45, 2.75) is 37.3 Å². The molecule has 0 heterocycles. The van der Waals surface area contributed by atoms with Crippen LogP contribution in [0.25, 0.3) is 0 Å². The summed E-state index contributed by atoms with van der Waals surface area (Å²) in [5.74, 6) is 6.61. The van der Waals surface area contributed by atoms with E-state index in [9.17, 15) is 9.90 Å². The molecule has 0 saturated heterocycles. The molecule has 2 N–H and O–H groups in total. The number of methoxy groups -OCH3 is 1. The summed E-state index contributed by atoms with van der Waals surface area (Å²) in [4.78, 5) is 12.3. The van der Waals surface area contributed by atoms with Gasteiger partial charge in [-0.25, -0.2) is 4.79 Å². The Kier molecular flexibility index (Phi) is 4.94. The zero-order valence-electron chi connectivity index (χ0n) is 12.9. The van der Waals surface area contributed by atoms with Crippen LogP contribution in [0.1, 0.15) is 31.2 Å². The maximum Gasteiger partial charge on any atom is 0.407 e. The highest BCUT2D eigenvalue weighted by Crippen LogP contribution is 2.30. The van der Waals surface area contributed by atoms with Gasteiger partial charge in [0.25, 0.3) is 0 Å². The average molecular weight is 303 g/mol. The van der Waals surface area contributed by atoms with Crippen LogP contribution in [0.3, 0.4) is 0 Å². The van der Waals surface area contributed by atoms with Gasteiger partial charge in [0.05, 0.1) is 7.11 Å². The van der Waals surface area contributed by atoms with Crippen molar-refractivity contribution in [1.82, 2.24) is 4.90 Å². The van der Waals surface area contributed by atoms with Crippen molar-refractivity contribution in [3.8, 4) is 17.6 Å². The Hall–Kier alpha value is -2.19. The van der Waals surface area contributed by atoms with Crippen LogP contribution in [0.5, 0.6) is 5.75 Å². The molecule has 0 bridgehead atoms. The number of benzene rings is 1. The average Bonchev–Trinajstić information content (AvgIpc) is 2.52. The fourth-order valence-electron chi connectivity index (χ4n) is 2.71. The fourth-order valence-corrected chi connectivity index (χ4v) is 2.71. The Morgan fingerprint density at radius 2 is 2.27 bits per heavy atom. The first-order chi connectivity index (χ1) is 10.4. The number of nitrogens with zero attached hydrogens (tertiary/aromatic N) is 1. The number of aliphatic hydroxyl groups is 1. The Morgan fingerprint density at radius 1 is 1.50 bits per heavy atom. The molecule has 0 aromatic heterocycles. The first-order valence-electron chi connectivity index (χ1n) is 7.29. The molecular weight excluding hydrogens is 282 g/mol. The van der Waals surface area contributed by atoms with E-state index in [-0.39, 0.29) is 6.04 Å². The predicted molar refractivity (Wildman–Crippen MR) is 82.9 cm³/mol. The Labute approximate surface area is 130 Å². The summed E-state index contributed by atoms with van der Waals surface area (Å²) in [6.45, 7) is 0. The minimum Gasteiger partial charge on any atom is -0.497 e. The van der Waals surface area contributed by atoms with Gasteiger partial charge in [0.1, 0.15) is 11.4 Å². The summed E-state index contributed by atoms with van der Waals surface area (Å²) in [5, 5.41) is 19.7. The second kappa shape index (κ2) is 6.71. The van der Waals surface area contributed by atoms with Crippen LogP contribution in [0.15, 0.2) is 24.3 Å². The van der Waals surface area contributed by atoms with Crippen LogP contribution in [-0.2, 0) is 0 Å². The van der Waals surface area contributed by atoms with Crippen molar-refractivity contribution in [1.29, 1.82) is 0 Å². The molecule has 1 aliphatic rings. The molecule has 1 aromatic carbocycles. The van der Waals surface area contributed by atoms with Crippen molar-refractivity contribution in [2.24, 2.45) is 0 Å². The van der Waals surface area contributed by atoms with Crippen molar-refractivity contribution < 1.29 is 19.7 Å². The van der Waals surface area contributed by atoms with Crippen LogP contribution in [0.2, 0.25) is 0 Å². The predicted octanol–water partition coefficient (Wildman–Crippen LogP) is 2.33. The van der Waals surface area contributed by atoms with Gasteiger partial charge in [-0.15, -0.1) is 0 Å². The van der Waals surface area contributed by atoms with E-state index in [4.69, 9.17) is 9.84 Å². The molecule has 1 saturated carbocycles. The third-order valence-corrected chi connectivity index (χ3v) is 4.06. The number of hydrogen-bond acceptors (Lipinski definition) is 3. The van der Waals surface area contributed by atoms with Gasteiger partial charge in [-0.05, 0) is 37.5 Å². The maximum absolute atomic E-state index is 11.1. The molecule has 2 atom stereocenters. The third kappa shape index (κ3) is 3.92. The van der Waals surface area contributed by atoms with E-state index < -0.39 is 11.7 Å². The van der Waals surface area contributed by atoms with Gasteiger partial charge in [0.15, 0.2) is 0 Å². The van der Waals surface area contributed by atoms with Crippen LogP contribution in [-0.4, -0.2) is 47.0 Å². The molecule has 0 aliphatic heterocycles. The smallest absolute Gasteiger partial charge is 0.407 e. The second-order valence-corrected chi connectivity index (χ2v) is 5.66. The lowest BCUT2D eigenvalue weighted by Gasteiger charge is -2.36. The third-order valence-electron chi connectivity index (χ3n) is 4.06. The summed E-state index contributed by atoms with van der Waals surface area (Å²) in [6, 6.07) is 7.13. The standard InChI is InChI=1S/C17H21NO4/c1-18(16(19)20)14-6-4-9-17(21,12-14)10-8-13-5-3-7-15(11-13)22-2/h3,5,7,11,14,21H,4,6,9,12H2,1-2H3,(H,19,20). The molecule has 1 aromatic rings. The van der Waals surface area contributed by atoms with Crippen LogP contribution < -0.4 is 4.74 Å². The molecule has 5 nitrogen and oxygen atoms in total. The van der Waals surface area contributed by atoms with Crippen molar-refractivity contribution in [3.05, 3.63) is 29.8 Å². The highest BCUT2D eigenvalue weighted by molar-refractivity contribution is 5.65. The van der Waals surface area contributed by atoms with Gasteiger partial charge in [0, 0.05) is 25.1 Å². The zero-order valence-corrected chi connectivity index (χ0v) is 12.9. The molecule has 1 amide bonds. The normalized spacial score (nSPS) is 24.0. The van der Waals surface area contributed by atoms with Crippen molar-refractivity contribution in [2.75, 3.05) is 14.2 Å². The zero-order chi connectivity index (χ0) is 16.2. The minimum absolute atomic E-state index is 0.198. The molecule has 1 aliphatic carbocycles. The fraction of sp³-hybridized carbons (Fsp3) is 0.471. The summed E-state index contributed by atoms with van der Waals surface area (Å²) >= 11 is 0. The second-order valence-electron chi connectivity index (χ2n) is 5.66. The molecule has 22 heavy (non-hydrogen) atoms. The van der Waals surface area contributed by atoms with Gasteiger partial charge in [-0.1, -0.05) is 17.9 Å². The van der Waals surface area contributed by atoms with Crippen LogP contribution in [0.4, 0.5) is 4.79 Å². The Morgan fingerprint density at radius 3 is 2.95 bits per heavy atom. The van der Waals surface area contributed by atoms with Crippen LogP contribution >= 0.6 is 0 Å². The van der Waals surface area contributed by atoms with E-state index in [1.54, 1.807) is 13.2 Å². The van der Waals surface area contributed by atoms with Crippen LogP contribution in [0, 0.1) is 11.8 Å². The first kappa shape index (κ1) is 16.2. The molecule has 0 spiro atoms. The number of carboxylic acid groups (broad SMARTS) is 1. The first-order valence-corrected chi connectivity index (χ1v) is 7.29. The summed E-state index contributed by atoms with van der Waals surface area (Å²) in [6.07, 6.45) is 1.44. The van der Waals surface area contributed by atoms with Gasteiger partial charge in [-0.3, -0.25) is 0 Å². The number of hydrogen-bond donors (Lipinski definition) is 2. The van der Waals surface area contributed by atoms with E-state index >= 15 is 0 Å². The number of amides is 1. The van der Waals surface area contributed by atoms with Crippen molar-refractivity contribution in [3.63, 3.8) is 0 Å². The van der Waals surface area contributed by atoms with Gasteiger partial charge in [0.2, 0.25) is 0 Å². The minimum atomic E-state index is -1.14. The van der Waals surface area contributed by atoms with E-state index in [1.807, 2.05) is 18.2 Å². The molecule has 0 radical (unpaired) electrons. The highest BCUT2D eigenvalue weighted by atomic mass is 16.5. The number of rotatable bonds is 2. The molecule has 1 fully saturated rings. The molecule has 2 unspecified atom stereocenters. The van der Waals surface area contributed by atoms with Crippen molar-refractivity contribution >= 4 is 6.09 Å². The lowest BCUT2D eigenvalue weighted by atomic mass is 9.81. The Balaban J connectivity index is 2.14. The quantitative estimate of drug-likeness (QED) is 0.823. The molecule has 2 rings (SSSR count). The van der Waals surface area contributed by atoms with E-state index in [2.05, 4.69) is 11.8 Å². The van der Waals surface area contributed by atoms with Gasteiger partial charge >= 0.3 is 6.09 Å². The maximum atomic E-state index is 11.1. The number of carbonyl (C=O) groups is 1. The summed E-state index contributed by atoms with van der Waals surface area (Å²) in [7, 11) is 3.13. The molecule has 118 valence electrons. The summed E-state index contributed by atoms with van der Waals surface area (Å²) < 4.78 is 5.14. The largest absolute Gasteiger partial charge is 0.497 e. The topological polar surface area (TPSA) is 70.0 Å². The molecular formula is C17H21NO4. The molecule has 5 heteroatoms. The Bertz CT molecular complexity index is 604. The van der Waals surface area contributed by atoms with E-state index in [1.165, 1.54) is 11.9 Å². The van der Waals surface area contributed by atoms with Gasteiger partial charge in [-0.2, -0.15) is 0 Å².